The molecule has 4 aromatic rings. The number of nitrogens with one attached hydrogen (secondary N) is 1. The predicted molar refractivity (Wildman–Crippen MR) is 126 cm³/mol. The first kappa shape index (κ1) is 21.0. The number of carbonyl (C=O) groups is 3. The highest BCUT2D eigenvalue weighted by molar-refractivity contribution is 7.09. The Morgan fingerprint density at radius 2 is 1.67 bits per heavy atom. The molecule has 2 aromatic carbocycles. The van der Waals surface area contributed by atoms with Gasteiger partial charge in [0, 0.05) is 52.8 Å². The van der Waals surface area contributed by atoms with Gasteiger partial charge in [0.25, 0.3) is 11.8 Å². The number of rotatable bonds is 7. The van der Waals surface area contributed by atoms with Gasteiger partial charge in [0.05, 0.1) is 12.2 Å². The number of pyridine rings is 1. The van der Waals surface area contributed by atoms with Crippen LogP contribution in [0.4, 0.5) is 0 Å². The summed E-state index contributed by atoms with van der Waals surface area (Å²) in [6.45, 7) is 0.533. The van der Waals surface area contributed by atoms with E-state index in [0.29, 0.717) is 29.5 Å². The lowest BCUT2D eigenvalue weighted by Gasteiger charge is -2.27. The largest absolute Gasteiger partial charge is 0.350 e. The summed E-state index contributed by atoms with van der Waals surface area (Å²) in [7, 11) is 0. The van der Waals surface area contributed by atoms with Crippen LogP contribution in [0.3, 0.4) is 0 Å². The van der Waals surface area contributed by atoms with Crippen LogP contribution in [-0.2, 0) is 11.3 Å². The second-order valence-electron chi connectivity index (χ2n) is 7.71. The van der Waals surface area contributed by atoms with Gasteiger partial charge in [-0.05, 0) is 36.1 Å². The number of hydrogen-bond donors (Lipinski definition) is 1. The molecule has 3 heterocycles. The molecule has 0 bridgehead atoms. The molecule has 0 saturated carbocycles. The topological polar surface area (TPSA) is 92.3 Å². The number of imide groups is 1. The zero-order valence-electron chi connectivity index (χ0n) is 17.7. The van der Waals surface area contributed by atoms with Gasteiger partial charge in [0.2, 0.25) is 5.91 Å². The van der Waals surface area contributed by atoms with E-state index in [1.807, 2.05) is 41.8 Å². The maximum absolute atomic E-state index is 12.9. The van der Waals surface area contributed by atoms with Gasteiger partial charge in [-0.25, -0.2) is 4.98 Å². The number of benzene rings is 2. The summed E-state index contributed by atoms with van der Waals surface area (Å²) in [5, 5.41) is 7.20. The average molecular weight is 457 g/mol. The maximum atomic E-state index is 12.9. The SMILES string of the molecule is O=C(CCCN1C(=O)c2cccc3cccc(c23)C1=O)NCc1nc(-c2ccncc2)cs1. The van der Waals surface area contributed by atoms with Crippen LogP contribution in [0.15, 0.2) is 66.3 Å². The van der Waals surface area contributed by atoms with Crippen molar-refractivity contribution < 1.29 is 14.4 Å². The van der Waals surface area contributed by atoms with Crippen LogP contribution in [0.2, 0.25) is 0 Å². The van der Waals surface area contributed by atoms with Gasteiger partial charge in [-0.3, -0.25) is 24.3 Å². The zero-order valence-corrected chi connectivity index (χ0v) is 18.5. The third-order valence-electron chi connectivity index (χ3n) is 5.61. The van der Waals surface area contributed by atoms with Crippen LogP contribution in [0.5, 0.6) is 0 Å². The van der Waals surface area contributed by atoms with Crippen molar-refractivity contribution in [3.05, 3.63) is 82.4 Å². The highest BCUT2D eigenvalue weighted by Crippen LogP contribution is 2.30. The Morgan fingerprint density at radius 1 is 0.970 bits per heavy atom. The molecule has 33 heavy (non-hydrogen) atoms. The summed E-state index contributed by atoms with van der Waals surface area (Å²) in [4.78, 5) is 47.9. The third-order valence-corrected chi connectivity index (χ3v) is 6.45. The summed E-state index contributed by atoms with van der Waals surface area (Å²) in [5.41, 5.74) is 2.89. The van der Waals surface area contributed by atoms with Crippen molar-refractivity contribution in [3.63, 3.8) is 0 Å². The number of thiazole rings is 1. The summed E-state index contributed by atoms with van der Waals surface area (Å²) >= 11 is 1.48. The second-order valence-corrected chi connectivity index (χ2v) is 8.66. The Bertz CT molecular complexity index is 1320. The van der Waals surface area contributed by atoms with Crippen LogP contribution in [0.25, 0.3) is 22.0 Å². The van der Waals surface area contributed by atoms with E-state index >= 15 is 0 Å². The molecule has 2 aromatic heterocycles. The fourth-order valence-corrected chi connectivity index (χ4v) is 4.73. The molecule has 1 N–H and O–H groups in total. The summed E-state index contributed by atoms with van der Waals surface area (Å²) in [6, 6.07) is 14.7. The van der Waals surface area contributed by atoms with Crippen LogP contribution in [-0.4, -0.2) is 39.1 Å². The first-order valence-corrected chi connectivity index (χ1v) is 11.5. The van der Waals surface area contributed by atoms with Crippen molar-refractivity contribution in [2.45, 2.75) is 19.4 Å². The fraction of sp³-hybridized carbons (Fsp3) is 0.160. The van der Waals surface area contributed by atoms with Gasteiger partial charge in [0.1, 0.15) is 5.01 Å². The van der Waals surface area contributed by atoms with E-state index in [2.05, 4.69) is 15.3 Å². The quantitative estimate of drug-likeness (QED) is 0.424. The minimum atomic E-state index is -0.309. The van der Waals surface area contributed by atoms with E-state index in [9.17, 15) is 14.4 Å². The fourth-order valence-electron chi connectivity index (χ4n) is 3.99. The number of hydrogen-bond acceptors (Lipinski definition) is 6. The predicted octanol–water partition coefficient (Wildman–Crippen LogP) is 4.05. The molecule has 0 fully saturated rings. The lowest BCUT2D eigenvalue weighted by atomic mass is 9.94. The van der Waals surface area contributed by atoms with E-state index in [4.69, 9.17) is 0 Å². The molecule has 0 radical (unpaired) electrons. The number of aromatic nitrogens is 2. The van der Waals surface area contributed by atoms with Crippen molar-refractivity contribution in [3.8, 4) is 11.3 Å². The highest BCUT2D eigenvalue weighted by atomic mass is 32.1. The Balaban J connectivity index is 1.16. The highest BCUT2D eigenvalue weighted by Gasteiger charge is 2.32. The summed E-state index contributed by atoms with van der Waals surface area (Å²) in [5.74, 6) is -0.762. The number of amides is 3. The van der Waals surface area contributed by atoms with E-state index in [-0.39, 0.29) is 30.7 Å². The molecule has 1 aliphatic rings. The molecule has 5 rings (SSSR count). The van der Waals surface area contributed by atoms with Gasteiger partial charge in [0.15, 0.2) is 0 Å². The van der Waals surface area contributed by atoms with Crippen LogP contribution in [0.1, 0.15) is 38.6 Å². The number of carbonyl (C=O) groups excluding carboxylic acids is 3. The van der Waals surface area contributed by atoms with Crippen LogP contribution in [0, 0.1) is 0 Å². The molecular weight excluding hydrogens is 436 g/mol. The molecule has 0 spiro atoms. The van der Waals surface area contributed by atoms with E-state index in [0.717, 1.165) is 21.7 Å². The third kappa shape index (κ3) is 4.12. The summed E-state index contributed by atoms with van der Waals surface area (Å²) < 4.78 is 0. The van der Waals surface area contributed by atoms with Crippen molar-refractivity contribution in [2.24, 2.45) is 0 Å². The van der Waals surface area contributed by atoms with Crippen molar-refractivity contribution in [1.29, 1.82) is 0 Å². The van der Waals surface area contributed by atoms with Gasteiger partial charge in [-0.2, -0.15) is 0 Å². The Morgan fingerprint density at radius 3 is 2.36 bits per heavy atom. The minimum absolute atomic E-state index is 0.143. The van der Waals surface area contributed by atoms with E-state index in [1.165, 1.54) is 16.2 Å². The molecule has 8 heteroatoms. The van der Waals surface area contributed by atoms with Gasteiger partial charge in [-0.1, -0.05) is 24.3 Å². The lowest BCUT2D eigenvalue weighted by Crippen LogP contribution is -2.41. The summed E-state index contributed by atoms with van der Waals surface area (Å²) in [6.07, 6.45) is 4.03. The number of nitrogens with zero attached hydrogens (tertiary/aromatic N) is 3. The molecule has 3 amide bonds. The molecular formula is C25H20N4O3S. The lowest BCUT2D eigenvalue weighted by molar-refractivity contribution is -0.121. The monoisotopic (exact) mass is 456 g/mol. The van der Waals surface area contributed by atoms with Crippen LogP contribution >= 0.6 is 11.3 Å². The molecule has 164 valence electrons. The second kappa shape index (κ2) is 8.91. The Kier molecular flexibility index (Phi) is 5.66. The Labute approximate surface area is 194 Å². The van der Waals surface area contributed by atoms with Gasteiger partial charge in [-0.15, -0.1) is 11.3 Å². The van der Waals surface area contributed by atoms with Crippen molar-refractivity contribution in [1.82, 2.24) is 20.2 Å². The van der Waals surface area contributed by atoms with Crippen molar-refractivity contribution in [2.75, 3.05) is 6.54 Å². The van der Waals surface area contributed by atoms with Crippen LogP contribution < -0.4 is 5.32 Å². The zero-order chi connectivity index (χ0) is 22.8. The average Bonchev–Trinajstić information content (AvgIpc) is 3.33. The molecule has 0 atom stereocenters. The normalized spacial score (nSPS) is 12.9. The smallest absolute Gasteiger partial charge is 0.261 e. The first-order valence-electron chi connectivity index (χ1n) is 10.6. The molecule has 0 aliphatic carbocycles. The molecule has 0 unspecified atom stereocenters. The molecule has 7 nitrogen and oxygen atoms in total. The molecule has 1 aliphatic heterocycles. The Hall–Kier alpha value is -3.91. The maximum Gasteiger partial charge on any atom is 0.261 e. The minimum Gasteiger partial charge on any atom is -0.350 e. The first-order chi connectivity index (χ1) is 16.1. The standard InChI is InChI=1S/C25H20N4O3S/c30-21(27-14-22-28-20(15-33-22)16-9-11-26-12-10-16)8-3-13-29-24(31)18-6-1-4-17-5-2-7-19(23(17)18)25(29)32/h1-2,4-7,9-12,15H,3,8,13-14H2,(H,27,30). The molecule has 0 saturated heterocycles. The van der Waals surface area contributed by atoms with Gasteiger partial charge < -0.3 is 5.32 Å². The van der Waals surface area contributed by atoms with Gasteiger partial charge >= 0.3 is 0 Å². The van der Waals surface area contributed by atoms with Crippen molar-refractivity contribution >= 4 is 39.8 Å². The van der Waals surface area contributed by atoms with E-state index < -0.39 is 0 Å². The van der Waals surface area contributed by atoms with E-state index in [1.54, 1.807) is 24.5 Å².